The van der Waals surface area contributed by atoms with Crippen molar-refractivity contribution in [2.24, 2.45) is 0 Å². The van der Waals surface area contributed by atoms with Gasteiger partial charge in [-0.1, -0.05) is 43.7 Å². The van der Waals surface area contributed by atoms with E-state index in [-0.39, 0.29) is 11.5 Å². The molecule has 2 saturated carbocycles. The van der Waals surface area contributed by atoms with Crippen LogP contribution < -0.4 is 0 Å². The Kier molecular flexibility index (Phi) is 3.72. The zero-order chi connectivity index (χ0) is 15.9. The summed E-state index contributed by atoms with van der Waals surface area (Å²) < 4.78 is 2.00. The normalized spacial score (nSPS) is 21.0. The molecule has 1 heterocycles. The van der Waals surface area contributed by atoms with Crippen LogP contribution in [0.4, 0.5) is 0 Å². The van der Waals surface area contributed by atoms with E-state index in [0.717, 1.165) is 30.9 Å². The third-order valence-electron chi connectivity index (χ3n) is 5.53. The lowest BCUT2D eigenvalue weighted by Gasteiger charge is -2.25. The number of aliphatic hydroxyl groups excluding tert-OH is 1. The van der Waals surface area contributed by atoms with Crippen LogP contribution in [0.25, 0.3) is 0 Å². The lowest BCUT2D eigenvalue weighted by atomic mass is 9.84. The second kappa shape index (κ2) is 5.75. The first-order chi connectivity index (χ1) is 11.2. The van der Waals surface area contributed by atoms with Gasteiger partial charge in [0.05, 0.1) is 18.1 Å². The molecule has 23 heavy (non-hydrogen) atoms. The molecular formula is C19H25N3O. The van der Waals surface area contributed by atoms with Gasteiger partial charge >= 0.3 is 0 Å². The van der Waals surface area contributed by atoms with E-state index >= 15 is 0 Å². The van der Waals surface area contributed by atoms with E-state index in [1.165, 1.54) is 24.8 Å². The summed E-state index contributed by atoms with van der Waals surface area (Å²) in [5, 5.41) is 14.9. The van der Waals surface area contributed by atoms with Crippen LogP contribution in [0.15, 0.2) is 30.3 Å². The third kappa shape index (κ3) is 2.59. The minimum Gasteiger partial charge on any atom is -0.391 e. The molecule has 0 radical (unpaired) electrons. The first-order valence-corrected chi connectivity index (χ1v) is 8.92. The van der Waals surface area contributed by atoms with Gasteiger partial charge in [-0.3, -0.25) is 0 Å². The van der Waals surface area contributed by atoms with Gasteiger partial charge in [-0.05, 0) is 37.7 Å². The van der Waals surface area contributed by atoms with Gasteiger partial charge in [-0.2, -0.15) is 5.10 Å². The Morgan fingerprint density at radius 1 is 1.26 bits per heavy atom. The molecule has 1 aromatic carbocycles. The van der Waals surface area contributed by atoms with E-state index in [9.17, 15) is 5.11 Å². The summed E-state index contributed by atoms with van der Waals surface area (Å²) in [6, 6.07) is 10.6. The molecule has 2 fully saturated rings. The Bertz CT molecular complexity index is 671. The van der Waals surface area contributed by atoms with Gasteiger partial charge in [0.2, 0.25) is 0 Å². The van der Waals surface area contributed by atoms with Crippen molar-refractivity contribution in [3.05, 3.63) is 47.5 Å². The number of aliphatic hydroxyl groups is 1. The van der Waals surface area contributed by atoms with E-state index < -0.39 is 0 Å². The first kappa shape index (κ1) is 14.9. The summed E-state index contributed by atoms with van der Waals surface area (Å²) in [6.45, 7) is 2.58. The van der Waals surface area contributed by atoms with E-state index in [2.05, 4.69) is 30.3 Å². The Labute approximate surface area is 137 Å². The average Bonchev–Trinajstić information content (AvgIpc) is 3.25. The van der Waals surface area contributed by atoms with Crippen molar-refractivity contribution in [2.45, 2.75) is 69.4 Å². The monoisotopic (exact) mass is 311 g/mol. The van der Waals surface area contributed by atoms with E-state index in [1.807, 2.05) is 11.6 Å². The third-order valence-corrected chi connectivity index (χ3v) is 5.53. The molecule has 0 unspecified atom stereocenters. The lowest BCUT2D eigenvalue weighted by molar-refractivity contribution is 0.142. The Morgan fingerprint density at radius 3 is 2.57 bits per heavy atom. The van der Waals surface area contributed by atoms with E-state index in [4.69, 9.17) is 10.1 Å². The highest BCUT2D eigenvalue weighted by molar-refractivity contribution is 5.39. The molecule has 0 saturated heterocycles. The van der Waals surface area contributed by atoms with Crippen molar-refractivity contribution in [1.29, 1.82) is 0 Å². The highest BCUT2D eigenvalue weighted by Gasteiger charge is 2.50. The maximum atomic E-state index is 10.1. The second-order valence-electron chi connectivity index (χ2n) is 7.11. The molecule has 2 aromatic rings. The lowest BCUT2D eigenvalue weighted by Crippen LogP contribution is -2.22. The van der Waals surface area contributed by atoms with Gasteiger partial charge in [-0.25, -0.2) is 9.67 Å². The largest absolute Gasteiger partial charge is 0.391 e. The maximum Gasteiger partial charge on any atom is 0.161 e. The zero-order valence-corrected chi connectivity index (χ0v) is 13.8. The molecule has 0 amide bonds. The van der Waals surface area contributed by atoms with Gasteiger partial charge in [0.15, 0.2) is 5.82 Å². The van der Waals surface area contributed by atoms with Gasteiger partial charge in [0, 0.05) is 5.92 Å². The predicted molar refractivity (Wildman–Crippen MR) is 89.4 cm³/mol. The number of benzene rings is 1. The average molecular weight is 311 g/mol. The van der Waals surface area contributed by atoms with Crippen LogP contribution in [0.3, 0.4) is 0 Å². The van der Waals surface area contributed by atoms with E-state index in [1.54, 1.807) is 0 Å². The summed E-state index contributed by atoms with van der Waals surface area (Å²) in [5.74, 6) is 2.60. The molecule has 4 rings (SSSR count). The Hall–Kier alpha value is -1.68. The highest BCUT2D eigenvalue weighted by Crippen LogP contribution is 2.52. The van der Waals surface area contributed by atoms with Crippen LogP contribution in [0, 0.1) is 0 Å². The van der Waals surface area contributed by atoms with Crippen LogP contribution in [0.5, 0.6) is 0 Å². The smallest absolute Gasteiger partial charge is 0.161 e. The van der Waals surface area contributed by atoms with Gasteiger partial charge < -0.3 is 5.11 Å². The molecule has 2 aliphatic rings. The van der Waals surface area contributed by atoms with Crippen LogP contribution in [-0.2, 0) is 12.0 Å². The number of nitrogens with zero attached hydrogens (tertiary/aromatic N) is 3. The highest BCUT2D eigenvalue weighted by atomic mass is 16.3. The number of hydrogen-bond donors (Lipinski definition) is 1. The molecule has 0 bridgehead atoms. The fourth-order valence-electron chi connectivity index (χ4n) is 3.51. The van der Waals surface area contributed by atoms with Crippen LogP contribution in [-0.4, -0.2) is 26.0 Å². The molecule has 1 aromatic heterocycles. The second-order valence-corrected chi connectivity index (χ2v) is 7.11. The van der Waals surface area contributed by atoms with Crippen LogP contribution in [0.2, 0.25) is 0 Å². The quantitative estimate of drug-likeness (QED) is 0.889. The number of hydrogen-bond acceptors (Lipinski definition) is 3. The molecular weight excluding hydrogens is 286 g/mol. The fraction of sp³-hybridized carbons (Fsp3) is 0.579. The summed E-state index contributed by atoms with van der Waals surface area (Å²) in [4.78, 5) is 4.97. The van der Waals surface area contributed by atoms with Crippen LogP contribution >= 0.6 is 0 Å². The van der Waals surface area contributed by atoms with Crippen molar-refractivity contribution in [3.63, 3.8) is 0 Å². The topological polar surface area (TPSA) is 50.9 Å². The summed E-state index contributed by atoms with van der Waals surface area (Å²) in [5.41, 5.74) is 1.34. The van der Waals surface area contributed by atoms with Crippen molar-refractivity contribution < 1.29 is 5.11 Å². The zero-order valence-electron chi connectivity index (χ0n) is 13.8. The molecule has 0 aliphatic heterocycles. The standard InChI is InChI=1S/C19H25N3O/c1-2-16(23)13-22-17(14-7-6-8-14)20-18(21-22)19(11-12-19)15-9-4-3-5-10-15/h3-5,9-10,14,16,23H,2,6-8,11-13H2,1H3/t16-/m0/s1. The Balaban J connectivity index is 1.69. The minimum absolute atomic E-state index is 0.0160. The van der Waals surface area contributed by atoms with Crippen molar-refractivity contribution >= 4 is 0 Å². The molecule has 122 valence electrons. The summed E-state index contributed by atoms with van der Waals surface area (Å²) in [7, 11) is 0. The molecule has 1 atom stereocenters. The molecule has 4 nitrogen and oxygen atoms in total. The van der Waals surface area contributed by atoms with Crippen LogP contribution in [0.1, 0.15) is 68.6 Å². The molecule has 1 N–H and O–H groups in total. The Morgan fingerprint density at radius 2 is 2.00 bits per heavy atom. The van der Waals surface area contributed by atoms with E-state index in [0.29, 0.717) is 12.5 Å². The summed E-state index contributed by atoms with van der Waals surface area (Å²) in [6.07, 6.45) is 6.37. The molecule has 2 aliphatic carbocycles. The van der Waals surface area contributed by atoms with Gasteiger partial charge in [-0.15, -0.1) is 0 Å². The van der Waals surface area contributed by atoms with Crippen molar-refractivity contribution in [2.75, 3.05) is 0 Å². The van der Waals surface area contributed by atoms with Crippen molar-refractivity contribution in [3.8, 4) is 0 Å². The first-order valence-electron chi connectivity index (χ1n) is 8.92. The predicted octanol–water partition coefficient (Wildman–Crippen LogP) is 3.40. The molecule has 0 spiro atoms. The van der Waals surface area contributed by atoms with Gasteiger partial charge in [0.25, 0.3) is 0 Å². The number of aromatic nitrogens is 3. The number of rotatable bonds is 6. The molecule has 4 heteroatoms. The van der Waals surface area contributed by atoms with Crippen molar-refractivity contribution in [1.82, 2.24) is 14.8 Å². The van der Waals surface area contributed by atoms with Gasteiger partial charge in [0.1, 0.15) is 5.82 Å². The SMILES string of the molecule is CC[C@H](O)Cn1nc(C2(c3ccccc3)CC2)nc1C1CCC1. The maximum absolute atomic E-state index is 10.1. The fourth-order valence-corrected chi connectivity index (χ4v) is 3.51. The summed E-state index contributed by atoms with van der Waals surface area (Å²) >= 11 is 0. The minimum atomic E-state index is -0.338.